The average molecular weight is 405 g/mol. The molecule has 5 rings (SSSR count). The van der Waals surface area contributed by atoms with Crippen molar-refractivity contribution in [2.45, 2.75) is 12.5 Å². The van der Waals surface area contributed by atoms with Crippen LogP contribution in [0.4, 0.5) is 0 Å². The van der Waals surface area contributed by atoms with Gasteiger partial charge in [-0.25, -0.2) is 4.98 Å². The van der Waals surface area contributed by atoms with Crippen LogP contribution in [-0.4, -0.2) is 44.9 Å². The van der Waals surface area contributed by atoms with Crippen LogP contribution in [0.25, 0.3) is 21.5 Å². The van der Waals surface area contributed by atoms with Gasteiger partial charge in [0.1, 0.15) is 10.5 Å². The summed E-state index contributed by atoms with van der Waals surface area (Å²) >= 11 is 1.54. The Kier molecular flexibility index (Phi) is 4.57. The lowest BCUT2D eigenvalue weighted by Crippen LogP contribution is -2.48. The second-order valence-corrected chi connectivity index (χ2v) is 8.04. The van der Waals surface area contributed by atoms with Crippen LogP contribution in [0, 0.1) is 0 Å². The lowest BCUT2D eigenvalue weighted by Gasteiger charge is -2.26. The monoisotopic (exact) mass is 405 g/mol. The number of rotatable bonds is 5. The molecule has 29 heavy (non-hydrogen) atoms. The lowest BCUT2D eigenvalue weighted by molar-refractivity contribution is -0.00354. The zero-order valence-corrected chi connectivity index (χ0v) is 16.6. The number of nitrogens with zero attached hydrogens (tertiary/aromatic N) is 4. The zero-order valence-electron chi connectivity index (χ0n) is 15.8. The molecule has 4 aromatic rings. The molecule has 0 aliphatic carbocycles. The molecule has 1 amide bonds. The number of amides is 1. The van der Waals surface area contributed by atoms with E-state index in [1.54, 1.807) is 22.2 Å². The van der Waals surface area contributed by atoms with Gasteiger partial charge in [0.05, 0.1) is 31.1 Å². The minimum atomic E-state index is -0.153. The maximum atomic E-state index is 12.6. The van der Waals surface area contributed by atoms with Gasteiger partial charge >= 0.3 is 0 Å². The van der Waals surface area contributed by atoms with Crippen molar-refractivity contribution >= 4 is 27.5 Å². The van der Waals surface area contributed by atoms with Gasteiger partial charge in [-0.3, -0.25) is 14.5 Å². The number of pyridine rings is 2. The van der Waals surface area contributed by atoms with Crippen LogP contribution in [0.15, 0.2) is 48.2 Å². The highest BCUT2D eigenvalue weighted by atomic mass is 32.1. The molecule has 0 unspecified atom stereocenters. The first kappa shape index (κ1) is 18.0. The SMILES string of the molecule is Cn1cc(-c2ccc(Cc3cc(C(=O)NC4COC4)nc4sccc34)cn2)cn1. The van der Waals surface area contributed by atoms with E-state index in [4.69, 9.17) is 4.74 Å². The van der Waals surface area contributed by atoms with Crippen LogP contribution in [0.1, 0.15) is 21.6 Å². The predicted octanol–water partition coefficient (Wildman–Crippen LogP) is 2.81. The number of ether oxygens (including phenoxy) is 1. The lowest BCUT2D eigenvalue weighted by atomic mass is 10.0. The third-order valence-corrected chi connectivity index (χ3v) is 5.76. The fourth-order valence-corrected chi connectivity index (χ4v) is 4.14. The summed E-state index contributed by atoms with van der Waals surface area (Å²) in [5.41, 5.74) is 4.47. The molecule has 7 nitrogen and oxygen atoms in total. The molecule has 1 fully saturated rings. The highest BCUT2D eigenvalue weighted by Gasteiger charge is 2.22. The van der Waals surface area contributed by atoms with Crippen molar-refractivity contribution < 1.29 is 9.53 Å². The molecule has 0 atom stereocenters. The van der Waals surface area contributed by atoms with Gasteiger partial charge in [0.15, 0.2) is 0 Å². The van der Waals surface area contributed by atoms with Crippen LogP contribution >= 0.6 is 11.3 Å². The normalized spacial score (nSPS) is 14.1. The summed E-state index contributed by atoms with van der Waals surface area (Å²) in [6.45, 7) is 1.13. The third kappa shape index (κ3) is 3.64. The largest absolute Gasteiger partial charge is 0.377 e. The van der Waals surface area contributed by atoms with E-state index in [1.165, 1.54) is 0 Å². The summed E-state index contributed by atoms with van der Waals surface area (Å²) in [5.74, 6) is -0.153. The highest BCUT2D eigenvalue weighted by Crippen LogP contribution is 2.26. The summed E-state index contributed by atoms with van der Waals surface area (Å²) in [7, 11) is 1.89. The minimum Gasteiger partial charge on any atom is -0.377 e. The first-order chi connectivity index (χ1) is 14.2. The number of thiophene rings is 1. The molecule has 1 aliphatic rings. The Hall–Kier alpha value is -3.10. The number of hydrogen-bond acceptors (Lipinski definition) is 6. The van der Waals surface area contributed by atoms with Gasteiger partial charge in [0, 0.05) is 30.4 Å². The van der Waals surface area contributed by atoms with Crippen molar-refractivity contribution in [2.24, 2.45) is 7.05 Å². The van der Waals surface area contributed by atoms with Crippen LogP contribution in [-0.2, 0) is 18.2 Å². The Balaban J connectivity index is 1.41. The van der Waals surface area contributed by atoms with Crippen molar-refractivity contribution in [2.75, 3.05) is 13.2 Å². The highest BCUT2D eigenvalue weighted by molar-refractivity contribution is 7.16. The molecule has 0 spiro atoms. The summed E-state index contributed by atoms with van der Waals surface area (Å²) in [6, 6.07) is 8.10. The first-order valence-corrected chi connectivity index (χ1v) is 10.2. The van der Waals surface area contributed by atoms with Crippen molar-refractivity contribution in [3.8, 4) is 11.3 Å². The fraction of sp³-hybridized carbons (Fsp3) is 0.238. The molecular formula is C21H19N5O2S. The molecule has 1 aliphatic heterocycles. The molecule has 146 valence electrons. The summed E-state index contributed by atoms with van der Waals surface area (Å²) in [4.78, 5) is 22.6. The van der Waals surface area contributed by atoms with E-state index in [0.717, 1.165) is 32.6 Å². The number of aryl methyl sites for hydroxylation is 1. The van der Waals surface area contributed by atoms with E-state index in [9.17, 15) is 4.79 Å². The number of aromatic nitrogens is 4. The van der Waals surface area contributed by atoms with Gasteiger partial charge in [0.25, 0.3) is 5.91 Å². The molecule has 0 saturated carbocycles. The molecule has 0 radical (unpaired) electrons. The number of hydrogen-bond donors (Lipinski definition) is 1. The number of carbonyl (C=O) groups excluding carboxylic acids is 1. The molecule has 1 N–H and O–H groups in total. The van der Waals surface area contributed by atoms with Crippen molar-refractivity contribution in [1.29, 1.82) is 0 Å². The van der Waals surface area contributed by atoms with Gasteiger partial charge in [-0.05, 0) is 41.1 Å². The zero-order chi connectivity index (χ0) is 19.8. The molecule has 5 heterocycles. The van der Waals surface area contributed by atoms with E-state index in [0.29, 0.717) is 25.3 Å². The molecule has 1 saturated heterocycles. The summed E-state index contributed by atoms with van der Waals surface area (Å²) in [5, 5.41) is 10.2. The standard InChI is InChI=1S/C21H19N5O2S/c1-26-10-15(9-23-26)18-3-2-13(8-22-18)6-14-7-19(20(27)24-16-11-28-12-16)25-21-17(14)4-5-29-21/h2-5,7-10,16H,6,11-12H2,1H3,(H,24,27). The van der Waals surface area contributed by atoms with Gasteiger partial charge in [-0.2, -0.15) is 5.10 Å². The topological polar surface area (TPSA) is 81.9 Å². The Bertz CT molecular complexity index is 1180. The smallest absolute Gasteiger partial charge is 0.270 e. The maximum absolute atomic E-state index is 12.6. The van der Waals surface area contributed by atoms with E-state index in [2.05, 4.69) is 32.5 Å². The Morgan fingerprint density at radius 2 is 2.21 bits per heavy atom. The number of fused-ring (bicyclic) bond motifs is 1. The number of nitrogens with one attached hydrogen (secondary N) is 1. The number of carbonyl (C=O) groups is 1. The second-order valence-electron chi connectivity index (χ2n) is 7.15. The Morgan fingerprint density at radius 3 is 2.90 bits per heavy atom. The molecular weight excluding hydrogens is 386 g/mol. The van der Waals surface area contributed by atoms with Crippen molar-refractivity contribution in [3.05, 3.63) is 65.1 Å². The van der Waals surface area contributed by atoms with Gasteiger partial charge < -0.3 is 10.1 Å². The maximum Gasteiger partial charge on any atom is 0.270 e. The van der Waals surface area contributed by atoms with Crippen LogP contribution in [0.5, 0.6) is 0 Å². The fourth-order valence-electron chi connectivity index (χ4n) is 3.33. The molecule has 0 bridgehead atoms. The van der Waals surface area contributed by atoms with Crippen LogP contribution in [0.3, 0.4) is 0 Å². The van der Waals surface area contributed by atoms with E-state index in [-0.39, 0.29) is 11.9 Å². The predicted molar refractivity (Wildman–Crippen MR) is 111 cm³/mol. The van der Waals surface area contributed by atoms with E-state index >= 15 is 0 Å². The Morgan fingerprint density at radius 1 is 1.31 bits per heavy atom. The van der Waals surface area contributed by atoms with Gasteiger partial charge in [-0.15, -0.1) is 11.3 Å². The van der Waals surface area contributed by atoms with Gasteiger partial charge in [-0.1, -0.05) is 6.07 Å². The van der Waals surface area contributed by atoms with Crippen LogP contribution < -0.4 is 5.32 Å². The van der Waals surface area contributed by atoms with Crippen molar-refractivity contribution in [1.82, 2.24) is 25.1 Å². The van der Waals surface area contributed by atoms with Gasteiger partial charge in [0.2, 0.25) is 0 Å². The quantitative estimate of drug-likeness (QED) is 0.552. The average Bonchev–Trinajstić information content (AvgIpc) is 3.34. The van der Waals surface area contributed by atoms with Crippen molar-refractivity contribution in [3.63, 3.8) is 0 Å². The van der Waals surface area contributed by atoms with Crippen LogP contribution in [0.2, 0.25) is 0 Å². The minimum absolute atomic E-state index is 0.0796. The first-order valence-electron chi connectivity index (χ1n) is 9.35. The molecule has 4 aromatic heterocycles. The van der Waals surface area contributed by atoms with E-state index in [1.807, 2.05) is 37.0 Å². The summed E-state index contributed by atoms with van der Waals surface area (Å²) < 4.78 is 6.89. The molecule has 0 aromatic carbocycles. The Labute approximate surface area is 171 Å². The third-order valence-electron chi connectivity index (χ3n) is 4.95. The summed E-state index contributed by atoms with van der Waals surface area (Å²) in [6.07, 6.45) is 6.31. The molecule has 8 heteroatoms. The second kappa shape index (κ2) is 7.38. The van der Waals surface area contributed by atoms with E-state index < -0.39 is 0 Å².